The molecule has 4 nitrogen and oxygen atoms in total. The van der Waals surface area contributed by atoms with E-state index in [1.807, 2.05) is 37.3 Å². The molecule has 0 aliphatic carbocycles. The predicted octanol–water partition coefficient (Wildman–Crippen LogP) is 2.42. The van der Waals surface area contributed by atoms with Crippen LogP contribution < -0.4 is 5.32 Å². The number of dihydropyridines is 1. The minimum atomic E-state index is -0.325. The van der Waals surface area contributed by atoms with Gasteiger partial charge in [-0.2, -0.15) is 5.26 Å². The summed E-state index contributed by atoms with van der Waals surface area (Å²) >= 11 is 0. The Kier molecular flexibility index (Phi) is 3.88. The first-order valence-electron chi connectivity index (χ1n) is 5.97. The van der Waals surface area contributed by atoms with E-state index in [0.29, 0.717) is 11.3 Å². The van der Waals surface area contributed by atoms with Crippen LogP contribution >= 0.6 is 0 Å². The average Bonchev–Trinajstić information content (AvgIpc) is 2.46. The van der Waals surface area contributed by atoms with Crippen LogP contribution in [0, 0.1) is 11.3 Å². The number of hydrogen-bond donors (Lipinski definition) is 1. The standard InChI is InChI=1S/C15H16N2O2/c1-10-12(9-16)14(18-2)13(15(17-10)19-3)11-7-5-4-6-8-11/h4-8,15,17H,1-3H3. The minimum absolute atomic E-state index is 0.325. The molecule has 19 heavy (non-hydrogen) atoms. The van der Waals surface area contributed by atoms with Crippen molar-refractivity contribution in [3.05, 3.63) is 52.9 Å². The smallest absolute Gasteiger partial charge is 0.157 e. The highest BCUT2D eigenvalue weighted by Crippen LogP contribution is 2.32. The molecule has 0 saturated heterocycles. The SMILES string of the molecule is COC1=C(c2ccccc2)C(OC)NC(C)=C1C#N. The Morgan fingerprint density at radius 1 is 1.21 bits per heavy atom. The molecule has 2 rings (SSSR count). The van der Waals surface area contributed by atoms with Crippen LogP contribution in [0.3, 0.4) is 0 Å². The lowest BCUT2D eigenvalue weighted by atomic mass is 9.96. The van der Waals surface area contributed by atoms with Crippen molar-refractivity contribution in [1.82, 2.24) is 5.32 Å². The fraction of sp³-hybridized carbons (Fsp3) is 0.267. The van der Waals surface area contributed by atoms with Gasteiger partial charge in [-0.3, -0.25) is 0 Å². The van der Waals surface area contributed by atoms with Crippen LogP contribution in [0.5, 0.6) is 0 Å². The van der Waals surface area contributed by atoms with Gasteiger partial charge in [-0.15, -0.1) is 0 Å². The molecule has 1 aromatic carbocycles. The number of nitriles is 1. The van der Waals surface area contributed by atoms with E-state index in [1.165, 1.54) is 0 Å². The summed E-state index contributed by atoms with van der Waals surface area (Å²) in [4.78, 5) is 0. The van der Waals surface area contributed by atoms with E-state index in [2.05, 4.69) is 11.4 Å². The summed E-state index contributed by atoms with van der Waals surface area (Å²) in [5.41, 5.74) is 3.08. The molecule has 0 aromatic heterocycles. The lowest BCUT2D eigenvalue weighted by Gasteiger charge is -2.29. The van der Waals surface area contributed by atoms with Gasteiger partial charge < -0.3 is 14.8 Å². The van der Waals surface area contributed by atoms with Crippen LogP contribution in [0.1, 0.15) is 12.5 Å². The molecule has 98 valence electrons. The van der Waals surface area contributed by atoms with E-state index in [9.17, 15) is 5.26 Å². The Morgan fingerprint density at radius 2 is 1.89 bits per heavy atom. The lowest BCUT2D eigenvalue weighted by Crippen LogP contribution is -2.35. The quantitative estimate of drug-likeness (QED) is 0.902. The minimum Gasteiger partial charge on any atom is -0.495 e. The van der Waals surface area contributed by atoms with Crippen molar-refractivity contribution in [3.8, 4) is 6.07 Å². The van der Waals surface area contributed by atoms with Crippen LogP contribution in [-0.4, -0.2) is 20.4 Å². The Balaban J connectivity index is 2.65. The monoisotopic (exact) mass is 256 g/mol. The molecule has 1 heterocycles. The second kappa shape index (κ2) is 5.59. The van der Waals surface area contributed by atoms with Crippen molar-refractivity contribution in [2.45, 2.75) is 13.2 Å². The second-order valence-electron chi connectivity index (χ2n) is 4.18. The van der Waals surface area contributed by atoms with Crippen molar-refractivity contribution >= 4 is 5.57 Å². The van der Waals surface area contributed by atoms with E-state index in [4.69, 9.17) is 9.47 Å². The molecule has 4 heteroatoms. The van der Waals surface area contributed by atoms with E-state index in [-0.39, 0.29) is 6.23 Å². The Bertz CT molecular complexity index is 568. The summed E-state index contributed by atoms with van der Waals surface area (Å²) in [6.07, 6.45) is -0.325. The first kappa shape index (κ1) is 13.2. The molecular formula is C15H16N2O2. The molecular weight excluding hydrogens is 240 g/mol. The van der Waals surface area contributed by atoms with Gasteiger partial charge in [-0.1, -0.05) is 30.3 Å². The van der Waals surface area contributed by atoms with Gasteiger partial charge in [-0.25, -0.2) is 0 Å². The third-order valence-electron chi connectivity index (χ3n) is 3.09. The number of methoxy groups -OCH3 is 2. The van der Waals surface area contributed by atoms with E-state index < -0.39 is 0 Å². The molecule has 0 spiro atoms. The predicted molar refractivity (Wildman–Crippen MR) is 72.6 cm³/mol. The zero-order chi connectivity index (χ0) is 13.8. The Labute approximate surface area is 113 Å². The van der Waals surface area contributed by atoms with Gasteiger partial charge in [0.1, 0.15) is 17.4 Å². The number of nitrogens with zero attached hydrogens (tertiary/aromatic N) is 1. The fourth-order valence-corrected chi connectivity index (χ4v) is 2.19. The van der Waals surface area contributed by atoms with Crippen molar-refractivity contribution in [2.24, 2.45) is 0 Å². The van der Waals surface area contributed by atoms with Crippen LogP contribution in [0.15, 0.2) is 47.4 Å². The lowest BCUT2D eigenvalue weighted by molar-refractivity contribution is 0.123. The number of rotatable bonds is 3. The van der Waals surface area contributed by atoms with E-state index >= 15 is 0 Å². The van der Waals surface area contributed by atoms with E-state index in [1.54, 1.807) is 14.2 Å². The molecule has 1 atom stereocenters. The Hall–Kier alpha value is -2.25. The average molecular weight is 256 g/mol. The molecule has 1 N–H and O–H groups in total. The highest BCUT2D eigenvalue weighted by molar-refractivity contribution is 5.77. The maximum Gasteiger partial charge on any atom is 0.157 e. The van der Waals surface area contributed by atoms with Crippen LogP contribution in [0.4, 0.5) is 0 Å². The zero-order valence-corrected chi connectivity index (χ0v) is 11.2. The van der Waals surface area contributed by atoms with Gasteiger partial charge in [0.2, 0.25) is 0 Å². The van der Waals surface area contributed by atoms with Crippen molar-refractivity contribution < 1.29 is 9.47 Å². The highest BCUT2D eigenvalue weighted by Gasteiger charge is 2.29. The summed E-state index contributed by atoms with van der Waals surface area (Å²) in [6.45, 7) is 1.84. The molecule has 0 saturated carbocycles. The number of allylic oxidation sites excluding steroid dienone is 2. The maximum absolute atomic E-state index is 9.28. The normalized spacial score (nSPS) is 18.9. The number of nitrogens with one attached hydrogen (secondary N) is 1. The van der Waals surface area contributed by atoms with Gasteiger partial charge in [0.25, 0.3) is 0 Å². The number of benzene rings is 1. The first-order chi connectivity index (χ1) is 9.22. The largest absolute Gasteiger partial charge is 0.495 e. The van der Waals surface area contributed by atoms with Gasteiger partial charge in [-0.05, 0) is 12.5 Å². The topological polar surface area (TPSA) is 54.3 Å². The van der Waals surface area contributed by atoms with Crippen molar-refractivity contribution in [1.29, 1.82) is 5.26 Å². The fourth-order valence-electron chi connectivity index (χ4n) is 2.19. The molecule has 0 amide bonds. The number of hydrogen-bond acceptors (Lipinski definition) is 4. The maximum atomic E-state index is 9.28. The summed E-state index contributed by atoms with van der Waals surface area (Å²) in [5.74, 6) is 0.566. The first-order valence-corrected chi connectivity index (χ1v) is 5.97. The van der Waals surface area contributed by atoms with E-state index in [0.717, 1.165) is 16.8 Å². The third-order valence-corrected chi connectivity index (χ3v) is 3.09. The summed E-state index contributed by atoms with van der Waals surface area (Å²) in [5, 5.41) is 12.5. The Morgan fingerprint density at radius 3 is 2.42 bits per heavy atom. The van der Waals surface area contributed by atoms with Crippen LogP contribution in [0.25, 0.3) is 5.57 Å². The molecule has 0 fully saturated rings. The van der Waals surface area contributed by atoms with Crippen LogP contribution in [-0.2, 0) is 9.47 Å². The number of ether oxygens (including phenoxy) is 2. The van der Waals surface area contributed by atoms with Crippen LogP contribution in [0.2, 0.25) is 0 Å². The summed E-state index contributed by atoms with van der Waals surface area (Å²) < 4.78 is 10.9. The summed E-state index contributed by atoms with van der Waals surface area (Å²) in [7, 11) is 3.19. The molecule has 1 aliphatic rings. The molecule has 0 radical (unpaired) electrons. The van der Waals surface area contributed by atoms with Gasteiger partial charge in [0.15, 0.2) is 6.23 Å². The molecule has 1 aromatic rings. The molecule has 1 aliphatic heterocycles. The van der Waals surface area contributed by atoms with Gasteiger partial charge in [0.05, 0.1) is 12.7 Å². The van der Waals surface area contributed by atoms with Crippen molar-refractivity contribution in [2.75, 3.05) is 14.2 Å². The highest BCUT2D eigenvalue weighted by atomic mass is 16.5. The summed E-state index contributed by atoms with van der Waals surface area (Å²) in [6, 6.07) is 12.0. The molecule has 1 unspecified atom stereocenters. The van der Waals surface area contributed by atoms with Gasteiger partial charge in [0, 0.05) is 12.8 Å². The zero-order valence-electron chi connectivity index (χ0n) is 11.2. The molecule has 0 bridgehead atoms. The van der Waals surface area contributed by atoms with Crippen molar-refractivity contribution in [3.63, 3.8) is 0 Å². The van der Waals surface area contributed by atoms with Gasteiger partial charge >= 0.3 is 0 Å². The second-order valence-corrected chi connectivity index (χ2v) is 4.18. The third kappa shape index (κ3) is 2.33.